The molecule has 61 heavy (non-hydrogen) atoms. The van der Waals surface area contributed by atoms with Crippen LogP contribution in [-0.2, 0) is 10.8 Å². The Labute approximate surface area is 360 Å². The maximum Gasteiger partial charge on any atom is 0.160 e. The van der Waals surface area contributed by atoms with Crippen molar-refractivity contribution in [3.8, 4) is 45.0 Å². The zero-order chi connectivity index (χ0) is 40.7. The molecular weight excluding hydrogens is 757 g/mol. The van der Waals surface area contributed by atoms with Gasteiger partial charge in [0.1, 0.15) is 0 Å². The van der Waals surface area contributed by atoms with Gasteiger partial charge in [-0.15, -0.1) is 0 Å². The Bertz CT molecular complexity index is 3340. The maximum absolute atomic E-state index is 5.31. The summed E-state index contributed by atoms with van der Waals surface area (Å²) >= 11 is 1.89. The quantitative estimate of drug-likeness (QED) is 0.166. The summed E-state index contributed by atoms with van der Waals surface area (Å²) in [5, 5.41) is 4.89. The molecule has 2 aliphatic rings. The Hall–Kier alpha value is -7.07. The summed E-state index contributed by atoms with van der Waals surface area (Å²) in [6, 6.07) is 75.5. The zero-order valence-corrected chi connectivity index (χ0v) is 34.7. The second-order valence-electron chi connectivity index (χ2n) is 16.9. The highest BCUT2D eigenvalue weighted by atomic mass is 32.2. The molecule has 0 saturated heterocycles. The van der Waals surface area contributed by atoms with Crippen molar-refractivity contribution in [3.05, 3.63) is 240 Å². The zero-order valence-electron chi connectivity index (χ0n) is 33.9. The third-order valence-corrected chi connectivity index (χ3v) is 14.3. The standard InChI is InChI=1S/C58H40N2S/c1-57(2)46-21-8-9-22-47(46)58(49-23-10-12-25-54(49)61-55-26-13-11-24-50(55)58)48-32-30-40(35-51(48)57)39-18-14-19-42(33-39)53-36-52(38-16-4-3-5-17-38)59-56(60-53)43-29-31-45-41(34-43)28-27-37-15-6-7-20-44(37)45/h3-36H,1-2H3. The van der Waals surface area contributed by atoms with E-state index in [1.54, 1.807) is 0 Å². The van der Waals surface area contributed by atoms with Gasteiger partial charge in [0, 0.05) is 31.9 Å². The van der Waals surface area contributed by atoms with Crippen molar-refractivity contribution in [1.29, 1.82) is 0 Å². The third-order valence-electron chi connectivity index (χ3n) is 13.2. The minimum absolute atomic E-state index is 0.239. The number of fused-ring (bicyclic) bond motifs is 11. The Morgan fingerprint density at radius 2 is 0.902 bits per heavy atom. The highest BCUT2D eigenvalue weighted by Gasteiger charge is 2.52. The number of hydrogen-bond donors (Lipinski definition) is 0. The van der Waals surface area contributed by atoms with Crippen LogP contribution >= 0.6 is 11.8 Å². The molecule has 0 N–H and O–H groups in total. The molecule has 2 nitrogen and oxygen atoms in total. The first-order valence-corrected chi connectivity index (χ1v) is 21.9. The Kier molecular flexibility index (Phi) is 8.07. The molecule has 0 bridgehead atoms. The van der Waals surface area contributed by atoms with E-state index in [1.165, 1.54) is 70.3 Å². The average molecular weight is 797 g/mol. The van der Waals surface area contributed by atoms with Crippen LogP contribution < -0.4 is 0 Å². The predicted octanol–water partition coefficient (Wildman–Crippen LogP) is 14.9. The first kappa shape index (κ1) is 35.8. The Morgan fingerprint density at radius 1 is 0.344 bits per heavy atom. The van der Waals surface area contributed by atoms with Gasteiger partial charge in [-0.25, -0.2) is 9.97 Å². The first-order valence-electron chi connectivity index (χ1n) is 21.1. The van der Waals surface area contributed by atoms with E-state index in [1.807, 2.05) is 11.8 Å². The van der Waals surface area contributed by atoms with E-state index in [-0.39, 0.29) is 5.41 Å². The van der Waals surface area contributed by atoms with Crippen LogP contribution in [0.3, 0.4) is 0 Å². The van der Waals surface area contributed by atoms with Crippen LogP contribution in [-0.4, -0.2) is 9.97 Å². The van der Waals surface area contributed by atoms with Gasteiger partial charge in [-0.3, -0.25) is 0 Å². The summed E-state index contributed by atoms with van der Waals surface area (Å²) in [4.78, 5) is 13.1. The van der Waals surface area contributed by atoms with Crippen molar-refractivity contribution in [1.82, 2.24) is 9.97 Å². The van der Waals surface area contributed by atoms with E-state index < -0.39 is 5.41 Å². The van der Waals surface area contributed by atoms with Gasteiger partial charge in [-0.05, 0) is 102 Å². The van der Waals surface area contributed by atoms with Crippen LogP contribution in [0.25, 0.3) is 66.6 Å². The smallest absolute Gasteiger partial charge is 0.160 e. The molecule has 0 unspecified atom stereocenters. The predicted molar refractivity (Wildman–Crippen MR) is 253 cm³/mol. The van der Waals surface area contributed by atoms with Gasteiger partial charge < -0.3 is 0 Å². The van der Waals surface area contributed by atoms with Gasteiger partial charge >= 0.3 is 0 Å². The molecule has 12 rings (SSSR count). The second-order valence-corrected chi connectivity index (χ2v) is 18.0. The molecule has 10 aromatic rings. The highest BCUT2D eigenvalue weighted by Crippen LogP contribution is 2.61. The topological polar surface area (TPSA) is 25.8 Å². The van der Waals surface area contributed by atoms with Crippen molar-refractivity contribution in [2.45, 2.75) is 34.5 Å². The molecule has 1 spiro atoms. The molecule has 1 aliphatic carbocycles. The summed E-state index contributed by atoms with van der Waals surface area (Å²) in [5.41, 5.74) is 14.7. The number of nitrogens with zero attached hydrogens (tertiary/aromatic N) is 2. The van der Waals surface area contributed by atoms with Crippen molar-refractivity contribution in [2.75, 3.05) is 0 Å². The Morgan fingerprint density at radius 3 is 1.69 bits per heavy atom. The molecule has 1 aliphatic heterocycles. The van der Waals surface area contributed by atoms with E-state index in [2.05, 4.69) is 220 Å². The number of rotatable bonds is 4. The fourth-order valence-electron chi connectivity index (χ4n) is 10.3. The van der Waals surface area contributed by atoms with Gasteiger partial charge in [0.25, 0.3) is 0 Å². The minimum atomic E-state index is -0.443. The SMILES string of the molecule is CC1(C)c2ccccc2C2(c3ccccc3Sc3ccccc32)c2ccc(-c3cccc(-c4cc(-c5ccccc5)nc(-c5ccc6c(ccc7ccccc76)c5)n4)c3)cc21. The van der Waals surface area contributed by atoms with Crippen LogP contribution in [0.15, 0.2) is 216 Å². The lowest BCUT2D eigenvalue weighted by molar-refractivity contribution is 0.549. The molecular formula is C58H40N2S. The van der Waals surface area contributed by atoms with E-state index in [0.29, 0.717) is 5.82 Å². The van der Waals surface area contributed by atoms with Gasteiger partial charge in [-0.1, -0.05) is 195 Å². The lowest BCUT2D eigenvalue weighted by atomic mass is 9.54. The molecule has 0 radical (unpaired) electrons. The number of hydrogen-bond acceptors (Lipinski definition) is 3. The normalized spacial score (nSPS) is 14.3. The summed E-state index contributed by atoms with van der Waals surface area (Å²) in [7, 11) is 0. The van der Waals surface area contributed by atoms with Crippen LogP contribution in [0.2, 0.25) is 0 Å². The average Bonchev–Trinajstić information content (AvgIpc) is 3.33. The second kappa shape index (κ2) is 13.7. The van der Waals surface area contributed by atoms with Crippen molar-refractivity contribution >= 4 is 33.3 Å². The van der Waals surface area contributed by atoms with Gasteiger partial charge in [0.05, 0.1) is 16.8 Å². The van der Waals surface area contributed by atoms with Crippen LogP contribution in [0, 0.1) is 0 Å². The molecule has 9 aromatic carbocycles. The molecule has 3 heteroatoms. The summed E-state index contributed by atoms with van der Waals surface area (Å²) in [6.07, 6.45) is 0. The van der Waals surface area contributed by atoms with E-state index in [0.717, 1.165) is 33.6 Å². The lowest BCUT2D eigenvalue weighted by Crippen LogP contribution is -2.43. The van der Waals surface area contributed by atoms with E-state index >= 15 is 0 Å². The highest BCUT2D eigenvalue weighted by molar-refractivity contribution is 7.99. The van der Waals surface area contributed by atoms with Crippen molar-refractivity contribution < 1.29 is 0 Å². The minimum Gasteiger partial charge on any atom is -0.228 e. The van der Waals surface area contributed by atoms with E-state index in [4.69, 9.17) is 9.97 Å². The third kappa shape index (κ3) is 5.50. The lowest BCUT2D eigenvalue weighted by Gasteiger charge is -2.50. The number of aromatic nitrogens is 2. The summed E-state index contributed by atoms with van der Waals surface area (Å²) < 4.78 is 0. The van der Waals surface area contributed by atoms with Crippen molar-refractivity contribution in [3.63, 3.8) is 0 Å². The fraction of sp³-hybridized carbons (Fsp3) is 0.0690. The molecule has 0 atom stereocenters. The monoisotopic (exact) mass is 796 g/mol. The molecule has 288 valence electrons. The van der Waals surface area contributed by atoms with Gasteiger partial charge in [0.15, 0.2) is 5.82 Å². The fourth-order valence-corrected chi connectivity index (χ4v) is 11.5. The van der Waals surface area contributed by atoms with Crippen LogP contribution in [0.4, 0.5) is 0 Å². The summed E-state index contributed by atoms with van der Waals surface area (Å²) in [5.74, 6) is 0.711. The van der Waals surface area contributed by atoms with Gasteiger partial charge in [0.2, 0.25) is 0 Å². The first-order chi connectivity index (χ1) is 30.0. The Balaban J connectivity index is 1.02. The van der Waals surface area contributed by atoms with Crippen LogP contribution in [0.1, 0.15) is 47.2 Å². The molecule has 0 saturated carbocycles. The molecule has 1 aromatic heterocycles. The molecule has 0 fully saturated rings. The summed E-state index contributed by atoms with van der Waals surface area (Å²) in [6.45, 7) is 4.80. The van der Waals surface area contributed by atoms with E-state index in [9.17, 15) is 0 Å². The van der Waals surface area contributed by atoms with Crippen LogP contribution in [0.5, 0.6) is 0 Å². The maximum atomic E-state index is 5.31. The largest absolute Gasteiger partial charge is 0.228 e. The number of benzene rings is 9. The molecule has 0 amide bonds. The molecule has 2 heterocycles. The van der Waals surface area contributed by atoms with Crippen molar-refractivity contribution in [2.24, 2.45) is 0 Å². The van der Waals surface area contributed by atoms with Gasteiger partial charge in [-0.2, -0.15) is 0 Å².